The summed E-state index contributed by atoms with van der Waals surface area (Å²) in [5.41, 5.74) is 1.57. The van der Waals surface area contributed by atoms with Crippen LogP contribution in [0.4, 0.5) is 5.69 Å². The molecule has 0 bridgehead atoms. The van der Waals surface area contributed by atoms with Gasteiger partial charge >= 0.3 is 0 Å². The third kappa shape index (κ3) is 4.64. The van der Waals surface area contributed by atoms with Gasteiger partial charge < -0.3 is 5.32 Å². The summed E-state index contributed by atoms with van der Waals surface area (Å²) >= 11 is 12.4. The number of hydrogen-bond acceptors (Lipinski definition) is 3. The molecule has 7 heteroatoms. The molecular weight excluding hydrogens is 427 g/mol. The number of hydrogen-bond donors (Lipinski definition) is 1. The van der Waals surface area contributed by atoms with Gasteiger partial charge in [0.1, 0.15) is 5.54 Å². The average molecular weight is 453 g/mol. The van der Waals surface area contributed by atoms with E-state index < -0.39 is 15.1 Å². The highest BCUT2D eigenvalue weighted by molar-refractivity contribution is 7.99. The number of carbonyl (C=O) groups excluding carboxylic acids is 1. The lowest BCUT2D eigenvalue weighted by Crippen LogP contribution is -2.56. The van der Waals surface area contributed by atoms with Crippen LogP contribution in [0.3, 0.4) is 0 Å². The van der Waals surface area contributed by atoms with E-state index in [9.17, 15) is 9.00 Å². The molecule has 0 spiro atoms. The molecule has 1 amide bonds. The van der Waals surface area contributed by atoms with Crippen molar-refractivity contribution in [2.24, 2.45) is 0 Å². The molecule has 1 N–H and O–H groups in total. The van der Waals surface area contributed by atoms with E-state index in [0.717, 1.165) is 11.1 Å². The predicted molar refractivity (Wildman–Crippen MR) is 125 cm³/mol. The molecule has 2 atom stereocenters. The topological polar surface area (TPSA) is 49.4 Å². The Morgan fingerprint density at radius 1 is 1.17 bits per heavy atom. The van der Waals surface area contributed by atoms with Crippen molar-refractivity contribution in [2.75, 3.05) is 23.9 Å². The van der Waals surface area contributed by atoms with Crippen LogP contribution in [0, 0.1) is 0 Å². The maximum Gasteiger partial charge on any atom is 0.249 e. The van der Waals surface area contributed by atoms with E-state index in [0.29, 0.717) is 34.5 Å². The molecule has 0 aliphatic carbocycles. The molecule has 0 saturated carbocycles. The van der Waals surface area contributed by atoms with Crippen LogP contribution in [0.2, 0.25) is 10.0 Å². The van der Waals surface area contributed by atoms with Crippen LogP contribution in [0.25, 0.3) is 0 Å². The van der Waals surface area contributed by atoms with Gasteiger partial charge in [-0.3, -0.25) is 13.9 Å². The first kappa shape index (κ1) is 22.2. The molecular formula is C22H26Cl2N2O2S. The maximum atomic E-state index is 13.5. The fourth-order valence-electron chi connectivity index (χ4n) is 4.01. The fraction of sp³-hybridized carbons (Fsp3) is 0.364. The molecule has 2 aromatic rings. The molecule has 156 valence electrons. The summed E-state index contributed by atoms with van der Waals surface area (Å²) in [4.78, 5) is 15.6. The van der Waals surface area contributed by atoms with Gasteiger partial charge in [0, 0.05) is 52.3 Å². The number of rotatable bonds is 7. The number of carbonyl (C=O) groups is 1. The molecule has 1 aliphatic heterocycles. The molecule has 4 nitrogen and oxygen atoms in total. The van der Waals surface area contributed by atoms with Gasteiger partial charge in [0.2, 0.25) is 5.91 Å². The standard InChI is InChI=1S/C22H26Cl2N2O2S/c1-15(2)26(10-11-29(3,4)28)22(14-16-6-5-7-17(23)12-16)19-9-8-18(24)13-20(19)25-21(22)27/h5-9,12-13,15H,3,10-11,14H2,1-2,4H3,(H,25,27). The molecule has 2 unspecified atom stereocenters. The Bertz CT molecular complexity index is 1040. The summed E-state index contributed by atoms with van der Waals surface area (Å²) in [5, 5.41) is 4.20. The van der Waals surface area contributed by atoms with Gasteiger partial charge in [-0.2, -0.15) is 0 Å². The van der Waals surface area contributed by atoms with Gasteiger partial charge in [-0.25, -0.2) is 0 Å². The molecule has 1 heterocycles. The molecule has 0 aromatic heterocycles. The number of nitrogens with zero attached hydrogens (tertiary/aromatic N) is 1. The van der Waals surface area contributed by atoms with Crippen LogP contribution >= 0.6 is 23.2 Å². The van der Waals surface area contributed by atoms with E-state index in [1.807, 2.05) is 44.2 Å². The summed E-state index contributed by atoms with van der Waals surface area (Å²) < 4.78 is 12.3. The van der Waals surface area contributed by atoms with Crippen molar-refractivity contribution in [3.05, 3.63) is 63.6 Å². The van der Waals surface area contributed by atoms with Crippen molar-refractivity contribution < 1.29 is 9.00 Å². The van der Waals surface area contributed by atoms with E-state index in [-0.39, 0.29) is 11.9 Å². The number of benzene rings is 2. The first-order chi connectivity index (χ1) is 13.5. The first-order valence-corrected chi connectivity index (χ1v) is 12.5. The molecule has 0 fully saturated rings. The van der Waals surface area contributed by atoms with Crippen LogP contribution in [-0.4, -0.2) is 45.5 Å². The first-order valence-electron chi connectivity index (χ1n) is 9.45. The van der Waals surface area contributed by atoms with Crippen molar-refractivity contribution in [2.45, 2.75) is 31.8 Å². The Kier molecular flexibility index (Phi) is 6.35. The number of halogens is 2. The third-order valence-electron chi connectivity index (χ3n) is 5.28. The molecule has 1 aliphatic rings. The minimum Gasteiger partial charge on any atom is -0.324 e. The number of nitrogens with one attached hydrogen (secondary N) is 1. The summed E-state index contributed by atoms with van der Waals surface area (Å²) in [6.07, 6.45) is 2.09. The number of amides is 1. The Labute approximate surface area is 183 Å². The highest BCUT2D eigenvalue weighted by Gasteiger charge is 2.52. The van der Waals surface area contributed by atoms with Crippen LogP contribution in [0.5, 0.6) is 0 Å². The van der Waals surface area contributed by atoms with E-state index in [1.54, 1.807) is 18.4 Å². The van der Waals surface area contributed by atoms with Gasteiger partial charge in [-0.1, -0.05) is 41.4 Å². The molecule has 29 heavy (non-hydrogen) atoms. The molecule has 2 aromatic carbocycles. The van der Waals surface area contributed by atoms with Gasteiger partial charge in [-0.05, 0) is 59.1 Å². The average Bonchev–Trinajstić information content (AvgIpc) is 2.85. The largest absolute Gasteiger partial charge is 0.324 e. The van der Waals surface area contributed by atoms with E-state index in [1.165, 1.54) is 0 Å². The van der Waals surface area contributed by atoms with Crippen molar-refractivity contribution in [1.29, 1.82) is 0 Å². The Balaban J connectivity index is 2.17. The van der Waals surface area contributed by atoms with E-state index >= 15 is 0 Å². The van der Waals surface area contributed by atoms with Crippen molar-refractivity contribution in [3.8, 4) is 0 Å². The summed E-state index contributed by atoms with van der Waals surface area (Å²) in [7, 11) is -2.21. The van der Waals surface area contributed by atoms with Crippen molar-refractivity contribution in [3.63, 3.8) is 0 Å². The summed E-state index contributed by atoms with van der Waals surface area (Å²) in [6, 6.07) is 13.1. The smallest absolute Gasteiger partial charge is 0.249 e. The Morgan fingerprint density at radius 3 is 2.48 bits per heavy atom. The van der Waals surface area contributed by atoms with Crippen molar-refractivity contribution >= 4 is 50.2 Å². The normalized spacial score (nSPS) is 20.6. The zero-order chi connectivity index (χ0) is 21.4. The van der Waals surface area contributed by atoms with Gasteiger partial charge in [0.15, 0.2) is 0 Å². The number of anilines is 1. The van der Waals surface area contributed by atoms with Crippen molar-refractivity contribution in [1.82, 2.24) is 4.90 Å². The number of fused-ring (bicyclic) bond motifs is 1. The van der Waals surface area contributed by atoms with E-state index in [2.05, 4.69) is 16.1 Å². The lowest BCUT2D eigenvalue weighted by atomic mass is 9.82. The van der Waals surface area contributed by atoms with Crippen LogP contribution in [-0.2, 0) is 26.3 Å². The molecule has 0 radical (unpaired) electrons. The lowest BCUT2D eigenvalue weighted by molar-refractivity contribution is -0.129. The zero-order valence-electron chi connectivity index (χ0n) is 16.9. The minimum atomic E-state index is -2.21. The van der Waals surface area contributed by atoms with Gasteiger partial charge in [0.25, 0.3) is 0 Å². The quantitative estimate of drug-likeness (QED) is 0.631. The van der Waals surface area contributed by atoms with E-state index in [4.69, 9.17) is 23.2 Å². The summed E-state index contributed by atoms with van der Waals surface area (Å²) in [5.74, 6) is 4.07. The highest BCUT2D eigenvalue weighted by atomic mass is 35.5. The monoisotopic (exact) mass is 452 g/mol. The minimum absolute atomic E-state index is 0.0308. The highest BCUT2D eigenvalue weighted by Crippen LogP contribution is 2.45. The third-order valence-corrected chi connectivity index (χ3v) is 6.79. The summed E-state index contributed by atoms with van der Waals surface area (Å²) in [6.45, 7) is 4.56. The maximum absolute atomic E-state index is 13.5. The SMILES string of the molecule is C=S(C)(=O)CCN(C(C)C)C1(Cc2cccc(Cl)c2)C(=O)Nc2cc(Cl)ccc21. The predicted octanol–water partition coefficient (Wildman–Crippen LogP) is 4.44. The second-order valence-electron chi connectivity index (χ2n) is 7.99. The van der Waals surface area contributed by atoms with Crippen LogP contribution in [0.15, 0.2) is 42.5 Å². The van der Waals surface area contributed by atoms with Gasteiger partial charge in [0.05, 0.1) is 0 Å². The zero-order valence-corrected chi connectivity index (χ0v) is 19.2. The Hall–Kier alpha value is -1.53. The Morgan fingerprint density at radius 2 is 1.86 bits per heavy atom. The molecule has 0 saturated heterocycles. The van der Waals surface area contributed by atoms with Gasteiger partial charge in [-0.15, -0.1) is 0 Å². The van der Waals surface area contributed by atoms with Crippen LogP contribution in [0.1, 0.15) is 25.0 Å². The second-order valence-corrected chi connectivity index (χ2v) is 11.6. The molecule has 3 rings (SSSR count). The fourth-order valence-corrected chi connectivity index (χ4v) is 4.98. The lowest BCUT2D eigenvalue weighted by Gasteiger charge is -2.43. The second kappa shape index (κ2) is 8.31. The van der Waals surface area contributed by atoms with Crippen LogP contribution < -0.4 is 5.32 Å².